The van der Waals surface area contributed by atoms with E-state index in [1.165, 1.54) is 9.88 Å². The first-order valence-corrected chi connectivity index (χ1v) is 6.49. The summed E-state index contributed by atoms with van der Waals surface area (Å²) < 4.78 is 0. The lowest BCUT2D eigenvalue weighted by Gasteiger charge is -2.33. The van der Waals surface area contributed by atoms with Crippen molar-refractivity contribution in [2.75, 3.05) is 19.6 Å². The van der Waals surface area contributed by atoms with Crippen molar-refractivity contribution >= 4 is 11.3 Å². The smallest absolute Gasteiger partial charge is 0.107 e. The summed E-state index contributed by atoms with van der Waals surface area (Å²) in [6, 6.07) is 0.632. The normalized spacial score (nSPS) is 23.2. The summed E-state index contributed by atoms with van der Waals surface area (Å²) in [4.78, 5) is 8.38. The van der Waals surface area contributed by atoms with Crippen molar-refractivity contribution in [1.29, 1.82) is 0 Å². The summed E-state index contributed by atoms with van der Waals surface area (Å²) in [7, 11) is 0. The number of rotatable bonds is 3. The maximum Gasteiger partial charge on any atom is 0.107 e. The standard InChI is InChI=1S/C11H19N3S/c1-3-10-7-13-11(15-10)8-14-5-4-12-6-9(14)2/h7,9,12H,3-6,8H2,1-2H3/t9-/m1/s1. The Kier molecular flexibility index (Phi) is 3.72. The molecule has 2 heterocycles. The first-order chi connectivity index (χ1) is 7.29. The molecule has 0 aliphatic carbocycles. The molecule has 0 bridgehead atoms. The topological polar surface area (TPSA) is 28.2 Å². The number of aryl methyl sites for hydroxylation is 1. The van der Waals surface area contributed by atoms with Crippen molar-refractivity contribution in [2.45, 2.75) is 32.9 Å². The average molecular weight is 225 g/mol. The average Bonchev–Trinajstić information content (AvgIpc) is 2.69. The van der Waals surface area contributed by atoms with E-state index in [2.05, 4.69) is 29.0 Å². The predicted octanol–water partition coefficient (Wildman–Crippen LogP) is 1.50. The molecule has 0 aromatic carbocycles. The predicted molar refractivity (Wildman–Crippen MR) is 64.2 cm³/mol. The van der Waals surface area contributed by atoms with Crippen molar-refractivity contribution in [2.24, 2.45) is 0 Å². The molecule has 1 N–H and O–H groups in total. The summed E-state index contributed by atoms with van der Waals surface area (Å²) in [6.45, 7) is 8.84. The molecule has 1 aliphatic rings. The van der Waals surface area contributed by atoms with Crippen LogP contribution in [0.25, 0.3) is 0 Å². The Morgan fingerprint density at radius 3 is 3.20 bits per heavy atom. The fourth-order valence-corrected chi connectivity index (χ4v) is 2.76. The second-order valence-electron chi connectivity index (χ2n) is 4.10. The number of nitrogens with one attached hydrogen (secondary N) is 1. The number of hydrogen-bond donors (Lipinski definition) is 1. The van der Waals surface area contributed by atoms with E-state index in [1.54, 1.807) is 0 Å². The highest BCUT2D eigenvalue weighted by Gasteiger charge is 2.18. The van der Waals surface area contributed by atoms with Crippen LogP contribution < -0.4 is 5.32 Å². The van der Waals surface area contributed by atoms with Crippen LogP contribution in [0, 0.1) is 0 Å². The second-order valence-corrected chi connectivity index (χ2v) is 5.30. The van der Waals surface area contributed by atoms with Gasteiger partial charge in [0, 0.05) is 36.8 Å². The van der Waals surface area contributed by atoms with Crippen LogP contribution in [0.15, 0.2) is 6.20 Å². The zero-order valence-electron chi connectivity index (χ0n) is 9.49. The monoisotopic (exact) mass is 225 g/mol. The van der Waals surface area contributed by atoms with Gasteiger partial charge in [-0.2, -0.15) is 0 Å². The van der Waals surface area contributed by atoms with Crippen molar-refractivity contribution in [3.05, 3.63) is 16.1 Å². The van der Waals surface area contributed by atoms with Gasteiger partial charge in [-0.05, 0) is 13.3 Å². The fourth-order valence-electron chi connectivity index (χ4n) is 1.88. The van der Waals surface area contributed by atoms with E-state index in [4.69, 9.17) is 0 Å². The Labute approximate surface area is 95.5 Å². The van der Waals surface area contributed by atoms with E-state index < -0.39 is 0 Å². The molecule has 0 amide bonds. The van der Waals surface area contributed by atoms with Crippen LogP contribution in [0.1, 0.15) is 23.7 Å². The van der Waals surface area contributed by atoms with Crippen LogP contribution in [0.2, 0.25) is 0 Å². The van der Waals surface area contributed by atoms with E-state index in [-0.39, 0.29) is 0 Å². The minimum atomic E-state index is 0.632. The first-order valence-electron chi connectivity index (χ1n) is 5.68. The van der Waals surface area contributed by atoms with E-state index in [1.807, 2.05) is 17.5 Å². The van der Waals surface area contributed by atoms with Crippen molar-refractivity contribution < 1.29 is 0 Å². The molecule has 1 atom stereocenters. The molecule has 2 rings (SSSR count). The van der Waals surface area contributed by atoms with Gasteiger partial charge < -0.3 is 5.32 Å². The quantitative estimate of drug-likeness (QED) is 0.845. The largest absolute Gasteiger partial charge is 0.314 e. The van der Waals surface area contributed by atoms with Crippen LogP contribution in [0.4, 0.5) is 0 Å². The van der Waals surface area contributed by atoms with Gasteiger partial charge in [0.25, 0.3) is 0 Å². The highest BCUT2D eigenvalue weighted by molar-refractivity contribution is 7.11. The molecule has 4 heteroatoms. The molecule has 0 unspecified atom stereocenters. The molecule has 1 saturated heterocycles. The summed E-state index contributed by atoms with van der Waals surface area (Å²) in [6.07, 6.45) is 3.13. The zero-order chi connectivity index (χ0) is 10.7. The molecule has 0 spiro atoms. The Morgan fingerprint density at radius 1 is 1.67 bits per heavy atom. The van der Waals surface area contributed by atoms with Gasteiger partial charge in [-0.3, -0.25) is 4.90 Å². The minimum absolute atomic E-state index is 0.632. The third kappa shape index (κ3) is 2.77. The van der Waals surface area contributed by atoms with Gasteiger partial charge in [-0.1, -0.05) is 6.92 Å². The summed E-state index contributed by atoms with van der Waals surface area (Å²) in [5, 5.41) is 4.67. The van der Waals surface area contributed by atoms with Gasteiger partial charge in [-0.15, -0.1) is 11.3 Å². The van der Waals surface area contributed by atoms with Crippen molar-refractivity contribution in [1.82, 2.24) is 15.2 Å². The van der Waals surface area contributed by atoms with E-state index in [0.717, 1.165) is 32.6 Å². The van der Waals surface area contributed by atoms with E-state index in [0.29, 0.717) is 6.04 Å². The van der Waals surface area contributed by atoms with Crippen LogP contribution in [0.5, 0.6) is 0 Å². The molecule has 1 aromatic rings. The van der Waals surface area contributed by atoms with Gasteiger partial charge in [0.15, 0.2) is 0 Å². The molecular formula is C11H19N3S. The molecule has 1 aromatic heterocycles. The number of thiazole rings is 1. The summed E-state index contributed by atoms with van der Waals surface area (Å²) >= 11 is 1.86. The van der Waals surface area contributed by atoms with Gasteiger partial charge >= 0.3 is 0 Å². The van der Waals surface area contributed by atoms with Crippen LogP contribution in [0.3, 0.4) is 0 Å². The Bertz CT molecular complexity index is 311. The van der Waals surface area contributed by atoms with E-state index in [9.17, 15) is 0 Å². The second kappa shape index (κ2) is 5.05. The number of aromatic nitrogens is 1. The van der Waals surface area contributed by atoms with Crippen LogP contribution >= 0.6 is 11.3 Å². The Hall–Kier alpha value is -0.450. The van der Waals surface area contributed by atoms with Gasteiger partial charge in [0.05, 0.1) is 6.54 Å². The molecule has 15 heavy (non-hydrogen) atoms. The number of hydrogen-bond acceptors (Lipinski definition) is 4. The Morgan fingerprint density at radius 2 is 2.53 bits per heavy atom. The first kappa shape index (κ1) is 11.0. The molecule has 0 saturated carbocycles. The SMILES string of the molecule is CCc1cnc(CN2CCNC[C@H]2C)s1. The van der Waals surface area contributed by atoms with Crippen molar-refractivity contribution in [3.63, 3.8) is 0 Å². The van der Waals surface area contributed by atoms with Gasteiger partial charge in [0.2, 0.25) is 0 Å². The molecular weight excluding hydrogens is 206 g/mol. The third-order valence-electron chi connectivity index (χ3n) is 2.93. The lowest BCUT2D eigenvalue weighted by Crippen LogP contribution is -2.49. The highest BCUT2D eigenvalue weighted by Crippen LogP contribution is 2.17. The fraction of sp³-hybridized carbons (Fsp3) is 0.727. The highest BCUT2D eigenvalue weighted by atomic mass is 32.1. The number of piperazine rings is 1. The molecule has 1 fully saturated rings. The lowest BCUT2D eigenvalue weighted by atomic mass is 10.2. The molecule has 84 valence electrons. The summed E-state index contributed by atoms with van der Waals surface area (Å²) in [5.41, 5.74) is 0. The van der Waals surface area contributed by atoms with Crippen LogP contribution in [-0.2, 0) is 13.0 Å². The molecule has 3 nitrogen and oxygen atoms in total. The van der Waals surface area contributed by atoms with E-state index >= 15 is 0 Å². The van der Waals surface area contributed by atoms with Crippen LogP contribution in [-0.4, -0.2) is 35.6 Å². The minimum Gasteiger partial charge on any atom is -0.314 e. The third-order valence-corrected chi connectivity index (χ3v) is 4.05. The van der Waals surface area contributed by atoms with Gasteiger partial charge in [0.1, 0.15) is 5.01 Å². The maximum atomic E-state index is 4.47. The molecule has 0 radical (unpaired) electrons. The Balaban J connectivity index is 1.95. The maximum absolute atomic E-state index is 4.47. The molecule has 1 aliphatic heterocycles. The summed E-state index contributed by atoms with van der Waals surface area (Å²) in [5.74, 6) is 0. The van der Waals surface area contributed by atoms with Gasteiger partial charge in [-0.25, -0.2) is 4.98 Å². The lowest BCUT2D eigenvalue weighted by molar-refractivity contribution is 0.165. The zero-order valence-corrected chi connectivity index (χ0v) is 10.3. The van der Waals surface area contributed by atoms with Crippen molar-refractivity contribution in [3.8, 4) is 0 Å². The number of nitrogens with zero attached hydrogens (tertiary/aromatic N) is 2.